The maximum absolute atomic E-state index is 12.5. The number of carbonyl (C=O) groups is 3. The van der Waals surface area contributed by atoms with Gasteiger partial charge in [-0.1, -0.05) is 17.7 Å². The summed E-state index contributed by atoms with van der Waals surface area (Å²) in [6.07, 6.45) is -0.0460. The molecule has 4 nitrogen and oxygen atoms in total. The van der Waals surface area contributed by atoms with Crippen molar-refractivity contribution in [1.29, 1.82) is 0 Å². The molecule has 1 aromatic rings. The van der Waals surface area contributed by atoms with E-state index in [9.17, 15) is 14.4 Å². The van der Waals surface area contributed by atoms with E-state index in [1.165, 1.54) is 4.90 Å². The SMILES string of the molecule is Cc1cc(C)c(C(=O)N2CC(=O)CC(=O)C2)c(C)c1. The van der Waals surface area contributed by atoms with Gasteiger partial charge in [0, 0.05) is 5.56 Å². The maximum Gasteiger partial charge on any atom is 0.255 e. The number of rotatable bonds is 1. The van der Waals surface area contributed by atoms with Gasteiger partial charge in [-0.3, -0.25) is 14.4 Å². The van der Waals surface area contributed by atoms with Gasteiger partial charge in [0.1, 0.15) is 0 Å². The Morgan fingerprint density at radius 1 is 1.00 bits per heavy atom. The maximum atomic E-state index is 12.5. The lowest BCUT2D eigenvalue weighted by atomic mass is 9.97. The number of ketones is 2. The highest BCUT2D eigenvalue weighted by molar-refractivity contribution is 6.08. The summed E-state index contributed by atoms with van der Waals surface area (Å²) in [7, 11) is 0. The number of benzene rings is 1. The lowest BCUT2D eigenvalue weighted by Crippen LogP contribution is -2.45. The minimum atomic E-state index is -0.226. The average molecular weight is 259 g/mol. The third kappa shape index (κ3) is 2.72. The Kier molecular flexibility index (Phi) is 3.51. The molecular formula is C15H17NO3. The summed E-state index contributed by atoms with van der Waals surface area (Å²) in [6, 6.07) is 3.88. The molecule has 1 amide bonds. The third-order valence-corrected chi connectivity index (χ3v) is 3.31. The van der Waals surface area contributed by atoms with Crippen molar-refractivity contribution in [3.05, 3.63) is 34.4 Å². The van der Waals surface area contributed by atoms with Crippen molar-refractivity contribution in [2.75, 3.05) is 13.1 Å². The van der Waals surface area contributed by atoms with Gasteiger partial charge in [0.2, 0.25) is 0 Å². The zero-order valence-electron chi connectivity index (χ0n) is 11.4. The standard InChI is InChI=1S/C15H17NO3/c1-9-4-10(2)14(11(3)5-9)15(19)16-7-12(17)6-13(18)8-16/h4-5H,6-8H2,1-3H3. The van der Waals surface area contributed by atoms with Crippen molar-refractivity contribution < 1.29 is 14.4 Å². The number of likely N-dealkylation sites (tertiary alicyclic amines) is 1. The first kappa shape index (κ1) is 13.5. The summed E-state index contributed by atoms with van der Waals surface area (Å²) in [5.41, 5.74) is 3.46. The number of hydrogen-bond donors (Lipinski definition) is 0. The van der Waals surface area contributed by atoms with Gasteiger partial charge in [-0.25, -0.2) is 0 Å². The zero-order chi connectivity index (χ0) is 14.2. The zero-order valence-corrected chi connectivity index (χ0v) is 11.4. The van der Waals surface area contributed by atoms with Crippen LogP contribution in [0.2, 0.25) is 0 Å². The average Bonchev–Trinajstić information content (AvgIpc) is 2.25. The molecule has 100 valence electrons. The molecule has 1 aliphatic heterocycles. The minimum Gasteiger partial charge on any atom is -0.324 e. The molecule has 1 aliphatic rings. The second-order valence-electron chi connectivity index (χ2n) is 5.19. The first-order valence-corrected chi connectivity index (χ1v) is 6.29. The van der Waals surface area contributed by atoms with Crippen molar-refractivity contribution in [1.82, 2.24) is 4.90 Å². The van der Waals surface area contributed by atoms with Gasteiger partial charge in [-0.05, 0) is 31.9 Å². The van der Waals surface area contributed by atoms with Crippen LogP contribution in [-0.2, 0) is 9.59 Å². The summed E-state index contributed by atoms with van der Waals surface area (Å²) >= 11 is 0. The number of nitrogens with zero attached hydrogens (tertiary/aromatic N) is 1. The summed E-state index contributed by atoms with van der Waals surface area (Å²) in [6.45, 7) is 5.80. The molecule has 0 unspecified atom stereocenters. The quantitative estimate of drug-likeness (QED) is 0.720. The van der Waals surface area contributed by atoms with Crippen molar-refractivity contribution >= 4 is 17.5 Å². The van der Waals surface area contributed by atoms with Crippen molar-refractivity contribution in [2.45, 2.75) is 27.2 Å². The van der Waals surface area contributed by atoms with E-state index in [1.54, 1.807) is 0 Å². The Labute approximate surface area is 112 Å². The molecule has 0 aliphatic carbocycles. The van der Waals surface area contributed by atoms with E-state index in [-0.39, 0.29) is 37.0 Å². The predicted octanol–water partition coefficient (Wildman–Crippen LogP) is 1.60. The van der Waals surface area contributed by atoms with Gasteiger partial charge in [0.15, 0.2) is 11.6 Å². The lowest BCUT2D eigenvalue weighted by molar-refractivity contribution is -0.131. The molecule has 1 aromatic carbocycles. The van der Waals surface area contributed by atoms with E-state index in [1.807, 2.05) is 32.9 Å². The van der Waals surface area contributed by atoms with E-state index >= 15 is 0 Å². The number of Topliss-reactive ketones (excluding diaryl/α,β-unsaturated/α-hetero) is 2. The van der Waals surface area contributed by atoms with Gasteiger partial charge in [-0.15, -0.1) is 0 Å². The van der Waals surface area contributed by atoms with Crippen LogP contribution in [0.3, 0.4) is 0 Å². The second kappa shape index (κ2) is 4.96. The molecule has 1 heterocycles. The van der Waals surface area contributed by atoms with Crippen LogP contribution in [0.25, 0.3) is 0 Å². The summed E-state index contributed by atoms with van der Waals surface area (Å²) in [5, 5.41) is 0. The monoisotopic (exact) mass is 259 g/mol. The minimum absolute atomic E-state index is 0.0390. The fourth-order valence-corrected chi connectivity index (χ4v) is 2.63. The van der Waals surface area contributed by atoms with Gasteiger partial charge < -0.3 is 4.90 Å². The number of aryl methyl sites for hydroxylation is 3. The smallest absolute Gasteiger partial charge is 0.255 e. The van der Waals surface area contributed by atoms with Gasteiger partial charge in [0.05, 0.1) is 19.5 Å². The van der Waals surface area contributed by atoms with Crippen LogP contribution < -0.4 is 0 Å². The predicted molar refractivity (Wildman–Crippen MR) is 71.2 cm³/mol. The van der Waals surface area contributed by atoms with Crippen molar-refractivity contribution in [2.24, 2.45) is 0 Å². The Hall–Kier alpha value is -1.97. The Bertz CT molecular complexity index is 536. The highest BCUT2D eigenvalue weighted by Gasteiger charge is 2.28. The van der Waals surface area contributed by atoms with Crippen molar-refractivity contribution in [3.63, 3.8) is 0 Å². The topological polar surface area (TPSA) is 54.5 Å². The molecule has 0 radical (unpaired) electrons. The van der Waals surface area contributed by atoms with Crippen LogP contribution in [0, 0.1) is 20.8 Å². The fourth-order valence-electron chi connectivity index (χ4n) is 2.63. The Morgan fingerprint density at radius 2 is 1.47 bits per heavy atom. The van der Waals surface area contributed by atoms with Crippen LogP contribution in [-0.4, -0.2) is 35.5 Å². The molecule has 0 N–H and O–H groups in total. The van der Waals surface area contributed by atoms with E-state index < -0.39 is 0 Å². The van der Waals surface area contributed by atoms with E-state index in [2.05, 4.69) is 0 Å². The fraction of sp³-hybridized carbons (Fsp3) is 0.400. The molecule has 2 rings (SSSR count). The molecule has 4 heteroatoms. The van der Waals surface area contributed by atoms with Gasteiger partial charge in [0.25, 0.3) is 5.91 Å². The van der Waals surface area contributed by atoms with Gasteiger partial charge >= 0.3 is 0 Å². The molecule has 0 spiro atoms. The lowest BCUT2D eigenvalue weighted by Gasteiger charge is -2.26. The highest BCUT2D eigenvalue weighted by Crippen LogP contribution is 2.19. The normalized spacial score (nSPS) is 15.8. The number of piperidine rings is 1. The largest absolute Gasteiger partial charge is 0.324 e. The van der Waals surface area contributed by atoms with Crippen LogP contribution in [0.4, 0.5) is 0 Å². The molecule has 0 atom stereocenters. The third-order valence-electron chi connectivity index (χ3n) is 3.31. The molecule has 0 bridgehead atoms. The van der Waals surface area contributed by atoms with Crippen LogP contribution >= 0.6 is 0 Å². The number of hydrogen-bond acceptors (Lipinski definition) is 3. The van der Waals surface area contributed by atoms with E-state index in [4.69, 9.17) is 0 Å². The van der Waals surface area contributed by atoms with Gasteiger partial charge in [-0.2, -0.15) is 0 Å². The summed E-state index contributed by atoms with van der Waals surface area (Å²) < 4.78 is 0. The highest BCUT2D eigenvalue weighted by atomic mass is 16.2. The van der Waals surface area contributed by atoms with Crippen LogP contribution in [0.15, 0.2) is 12.1 Å². The number of carbonyl (C=O) groups excluding carboxylic acids is 3. The van der Waals surface area contributed by atoms with Crippen LogP contribution in [0.1, 0.15) is 33.5 Å². The molecule has 0 aromatic heterocycles. The van der Waals surface area contributed by atoms with Crippen molar-refractivity contribution in [3.8, 4) is 0 Å². The molecule has 1 saturated heterocycles. The summed E-state index contributed by atoms with van der Waals surface area (Å²) in [5.74, 6) is -0.601. The Balaban J connectivity index is 2.34. The second-order valence-corrected chi connectivity index (χ2v) is 5.19. The molecule has 0 saturated carbocycles. The van der Waals surface area contributed by atoms with E-state index in [0.29, 0.717) is 5.56 Å². The van der Waals surface area contributed by atoms with Crippen LogP contribution in [0.5, 0.6) is 0 Å². The molecule has 19 heavy (non-hydrogen) atoms. The Morgan fingerprint density at radius 3 is 1.95 bits per heavy atom. The first-order valence-electron chi connectivity index (χ1n) is 6.29. The summed E-state index contributed by atoms with van der Waals surface area (Å²) in [4.78, 5) is 36.7. The molecule has 1 fully saturated rings. The van der Waals surface area contributed by atoms with E-state index in [0.717, 1.165) is 16.7 Å². The molecular weight excluding hydrogens is 242 g/mol. The number of amides is 1. The first-order chi connectivity index (χ1) is 8.88.